The largest absolute Gasteiger partial charge is 0.480 e. The van der Waals surface area contributed by atoms with Crippen molar-refractivity contribution in [2.24, 2.45) is 0 Å². The molecule has 0 aromatic rings. The number of hydrogen-bond donors (Lipinski definition) is 3. The smallest absolute Gasteiger partial charge is 0.325 e. The minimum Gasteiger partial charge on any atom is -0.480 e. The maximum absolute atomic E-state index is 11.0. The summed E-state index contributed by atoms with van der Waals surface area (Å²) >= 11 is 1.71. The van der Waals surface area contributed by atoms with Crippen LogP contribution in [0.2, 0.25) is 0 Å². The number of hydrogen-bond acceptors (Lipinski definition) is 3. The van der Waals surface area contributed by atoms with Crippen molar-refractivity contribution in [1.82, 2.24) is 10.6 Å². The minimum absolute atomic E-state index is 0.430. The highest BCUT2D eigenvalue weighted by Gasteiger charge is 2.12. The number of nitrogens with one attached hydrogen (secondary N) is 2. The summed E-state index contributed by atoms with van der Waals surface area (Å²) in [6.07, 6.45) is 2.88. The van der Waals surface area contributed by atoms with Crippen LogP contribution in [0.5, 0.6) is 0 Å². The molecule has 3 N–H and O–H groups in total. The van der Waals surface area contributed by atoms with E-state index in [1.807, 2.05) is 6.26 Å². The number of carboxylic acid groups (broad SMARTS) is 1. The van der Waals surface area contributed by atoms with Gasteiger partial charge in [-0.25, -0.2) is 4.79 Å². The zero-order valence-corrected chi connectivity index (χ0v) is 9.19. The van der Waals surface area contributed by atoms with Gasteiger partial charge in [0.15, 0.2) is 0 Å². The van der Waals surface area contributed by atoms with Crippen LogP contribution in [0.1, 0.15) is 13.3 Å². The molecular formula is C8H16N2O3S. The van der Waals surface area contributed by atoms with Crippen molar-refractivity contribution in [3.05, 3.63) is 0 Å². The number of carboxylic acids is 1. The third-order valence-corrected chi connectivity index (χ3v) is 2.23. The highest BCUT2D eigenvalue weighted by molar-refractivity contribution is 7.98. The molecule has 0 radical (unpaired) electrons. The van der Waals surface area contributed by atoms with Crippen LogP contribution in [0.4, 0.5) is 4.79 Å². The van der Waals surface area contributed by atoms with Crippen LogP contribution in [-0.4, -0.2) is 41.7 Å². The van der Waals surface area contributed by atoms with Crippen LogP contribution in [0.15, 0.2) is 0 Å². The molecule has 0 heterocycles. The highest BCUT2D eigenvalue weighted by atomic mass is 32.2. The Labute approximate surface area is 87.6 Å². The molecule has 1 unspecified atom stereocenters. The molecule has 0 spiro atoms. The lowest BCUT2D eigenvalue weighted by molar-refractivity contribution is -0.138. The molecule has 6 heteroatoms. The summed E-state index contributed by atoms with van der Waals surface area (Å²) in [6, 6.07) is -1.28. The molecule has 14 heavy (non-hydrogen) atoms. The molecule has 0 aliphatic rings. The number of thioether (sulfide) groups is 1. The average Bonchev–Trinajstić information content (AvgIpc) is 2.12. The van der Waals surface area contributed by atoms with Gasteiger partial charge >= 0.3 is 12.0 Å². The molecule has 0 aromatic heterocycles. The quantitative estimate of drug-likeness (QED) is 0.570. The van der Waals surface area contributed by atoms with Gasteiger partial charge in [0.05, 0.1) is 0 Å². The zero-order valence-electron chi connectivity index (χ0n) is 8.37. The number of amides is 2. The number of aliphatic carboxylic acids is 1. The Kier molecular flexibility index (Phi) is 7.00. The maximum atomic E-state index is 11.0. The van der Waals surface area contributed by atoms with Crippen LogP contribution >= 0.6 is 11.8 Å². The monoisotopic (exact) mass is 220 g/mol. The van der Waals surface area contributed by atoms with E-state index in [-0.39, 0.29) is 0 Å². The molecule has 0 aliphatic heterocycles. The van der Waals surface area contributed by atoms with E-state index >= 15 is 0 Å². The number of rotatable bonds is 6. The summed E-state index contributed by atoms with van der Waals surface area (Å²) < 4.78 is 0. The Bertz CT molecular complexity index is 199. The Morgan fingerprint density at radius 2 is 2.14 bits per heavy atom. The third kappa shape index (κ3) is 6.59. The second-order valence-corrected chi connectivity index (χ2v) is 3.79. The first-order valence-corrected chi connectivity index (χ1v) is 5.73. The fourth-order valence-electron chi connectivity index (χ4n) is 0.728. The van der Waals surface area contributed by atoms with Crippen LogP contribution in [0, 0.1) is 0 Å². The van der Waals surface area contributed by atoms with Gasteiger partial charge < -0.3 is 15.7 Å². The second-order valence-electron chi connectivity index (χ2n) is 2.81. The lowest BCUT2D eigenvalue weighted by Crippen LogP contribution is -2.44. The van der Waals surface area contributed by atoms with Crippen molar-refractivity contribution in [3.63, 3.8) is 0 Å². The highest BCUT2D eigenvalue weighted by Crippen LogP contribution is 1.93. The molecule has 0 saturated carbocycles. The Morgan fingerprint density at radius 1 is 1.50 bits per heavy atom. The topological polar surface area (TPSA) is 78.4 Å². The summed E-state index contributed by atoms with van der Waals surface area (Å²) in [5, 5.41) is 13.4. The van der Waals surface area contributed by atoms with E-state index in [9.17, 15) is 9.59 Å². The van der Waals surface area contributed by atoms with Gasteiger partial charge in [-0.3, -0.25) is 4.79 Å². The number of carbonyl (C=O) groups is 2. The normalized spacial score (nSPS) is 11.9. The van der Waals surface area contributed by atoms with Gasteiger partial charge in [0.1, 0.15) is 6.04 Å². The van der Waals surface area contributed by atoms with Crippen LogP contribution < -0.4 is 10.6 Å². The van der Waals surface area contributed by atoms with Gasteiger partial charge in [-0.1, -0.05) is 0 Å². The molecule has 2 amide bonds. The van der Waals surface area contributed by atoms with Crippen molar-refractivity contribution in [3.8, 4) is 0 Å². The molecule has 0 bridgehead atoms. The van der Waals surface area contributed by atoms with Gasteiger partial charge in [0, 0.05) is 6.54 Å². The van der Waals surface area contributed by atoms with Crippen molar-refractivity contribution in [2.45, 2.75) is 19.4 Å². The fourth-order valence-corrected chi connectivity index (χ4v) is 1.16. The first kappa shape index (κ1) is 13.1. The number of carbonyl (C=O) groups excluding carboxylic acids is 1. The molecule has 82 valence electrons. The van der Waals surface area contributed by atoms with E-state index < -0.39 is 18.0 Å². The van der Waals surface area contributed by atoms with Crippen LogP contribution in [0.3, 0.4) is 0 Å². The molecule has 0 fully saturated rings. The zero-order chi connectivity index (χ0) is 11.0. The minimum atomic E-state index is -1.04. The average molecular weight is 220 g/mol. The summed E-state index contributed by atoms with van der Waals surface area (Å²) in [5.41, 5.74) is 0. The molecule has 0 rings (SSSR count). The standard InChI is InChI=1S/C8H16N2O3S/c1-6(7(11)12)10-8(13)9-4-3-5-14-2/h6H,3-5H2,1-2H3,(H,11,12)(H2,9,10,13). The van der Waals surface area contributed by atoms with Gasteiger partial charge in [-0.05, 0) is 25.4 Å². The molecule has 0 aromatic carbocycles. The van der Waals surface area contributed by atoms with Crippen molar-refractivity contribution >= 4 is 23.8 Å². The SMILES string of the molecule is CSCCCNC(=O)NC(C)C(=O)O. The summed E-state index contributed by atoms with van der Waals surface area (Å²) in [4.78, 5) is 21.4. The molecule has 5 nitrogen and oxygen atoms in total. The second kappa shape index (κ2) is 7.49. The van der Waals surface area contributed by atoms with Gasteiger partial charge in [-0.15, -0.1) is 0 Å². The van der Waals surface area contributed by atoms with E-state index in [0.29, 0.717) is 6.54 Å². The summed E-state index contributed by atoms with van der Waals surface area (Å²) in [6.45, 7) is 1.99. The van der Waals surface area contributed by atoms with E-state index in [1.165, 1.54) is 6.92 Å². The fraction of sp³-hybridized carbons (Fsp3) is 0.750. The Hall–Kier alpha value is -0.910. The van der Waals surface area contributed by atoms with Crippen LogP contribution in [-0.2, 0) is 4.79 Å². The molecule has 0 aliphatic carbocycles. The van der Waals surface area contributed by atoms with Crippen molar-refractivity contribution in [2.75, 3.05) is 18.6 Å². The Balaban J connectivity index is 3.50. The maximum Gasteiger partial charge on any atom is 0.325 e. The van der Waals surface area contributed by atoms with E-state index in [2.05, 4.69) is 10.6 Å². The van der Waals surface area contributed by atoms with Gasteiger partial charge in [-0.2, -0.15) is 11.8 Å². The van der Waals surface area contributed by atoms with Crippen LogP contribution in [0.25, 0.3) is 0 Å². The van der Waals surface area contributed by atoms with E-state index in [1.54, 1.807) is 11.8 Å². The first-order valence-electron chi connectivity index (χ1n) is 4.34. The summed E-state index contributed by atoms with van der Waals surface area (Å²) in [5.74, 6) is -0.0568. The molecular weight excluding hydrogens is 204 g/mol. The third-order valence-electron chi connectivity index (χ3n) is 1.53. The summed E-state index contributed by atoms with van der Waals surface area (Å²) in [7, 11) is 0. The van der Waals surface area contributed by atoms with Crippen molar-refractivity contribution in [1.29, 1.82) is 0 Å². The Morgan fingerprint density at radius 3 is 2.64 bits per heavy atom. The number of urea groups is 1. The predicted molar refractivity (Wildman–Crippen MR) is 56.6 cm³/mol. The molecule has 0 saturated heterocycles. The van der Waals surface area contributed by atoms with Gasteiger partial charge in [0.25, 0.3) is 0 Å². The van der Waals surface area contributed by atoms with E-state index in [4.69, 9.17) is 5.11 Å². The van der Waals surface area contributed by atoms with Gasteiger partial charge in [0.2, 0.25) is 0 Å². The van der Waals surface area contributed by atoms with E-state index in [0.717, 1.165) is 12.2 Å². The lowest BCUT2D eigenvalue weighted by Gasteiger charge is -2.10. The van der Waals surface area contributed by atoms with Crippen molar-refractivity contribution < 1.29 is 14.7 Å². The first-order chi connectivity index (χ1) is 6.57. The lowest BCUT2D eigenvalue weighted by atomic mass is 10.3. The molecule has 1 atom stereocenters. The predicted octanol–water partition coefficient (Wildman–Crippen LogP) is 0.512.